The molecule has 102 valence electrons. The number of hydrogen-bond donors (Lipinski definition) is 1. The molecule has 0 fully saturated rings. The molecule has 0 amide bonds. The van der Waals surface area contributed by atoms with Crippen LogP contribution in [0.2, 0.25) is 0 Å². The van der Waals surface area contributed by atoms with E-state index < -0.39 is 0 Å². The Labute approximate surface area is 114 Å². The molecular formula is C14H23NO2S. The molecular weight excluding hydrogens is 246 g/mol. The third kappa shape index (κ3) is 7.71. The molecule has 4 heteroatoms. The summed E-state index contributed by atoms with van der Waals surface area (Å²) in [6.07, 6.45) is 2.89. The van der Waals surface area contributed by atoms with Gasteiger partial charge in [-0.05, 0) is 24.8 Å². The summed E-state index contributed by atoms with van der Waals surface area (Å²) in [5.41, 5.74) is 1.31. The standard InChI is InChI=1S/C14H23NO2S/c1-2-13-18-15(16)10-6-11-17-12-9-14-7-4-3-5-8-14/h3-5,7-8,16H,2,6,9-13H2,1H3. The Morgan fingerprint density at radius 3 is 2.72 bits per heavy atom. The molecule has 1 rings (SSSR count). The van der Waals surface area contributed by atoms with Crippen molar-refractivity contribution in [2.75, 3.05) is 25.5 Å². The van der Waals surface area contributed by atoms with E-state index in [0.717, 1.165) is 31.6 Å². The molecule has 0 radical (unpaired) electrons. The monoisotopic (exact) mass is 269 g/mol. The van der Waals surface area contributed by atoms with Crippen molar-refractivity contribution in [3.63, 3.8) is 0 Å². The van der Waals surface area contributed by atoms with E-state index >= 15 is 0 Å². The molecule has 0 spiro atoms. The van der Waals surface area contributed by atoms with Crippen LogP contribution in [0.1, 0.15) is 25.3 Å². The lowest BCUT2D eigenvalue weighted by molar-refractivity contribution is 0.00767. The predicted octanol–water partition coefficient (Wildman–Crippen LogP) is 3.39. The molecule has 0 unspecified atom stereocenters. The van der Waals surface area contributed by atoms with Crippen LogP contribution < -0.4 is 0 Å². The normalized spacial score (nSPS) is 11.1. The zero-order valence-corrected chi connectivity index (χ0v) is 11.9. The van der Waals surface area contributed by atoms with Gasteiger partial charge in [-0.2, -0.15) is 0 Å². The number of benzene rings is 1. The van der Waals surface area contributed by atoms with Crippen molar-refractivity contribution in [3.8, 4) is 0 Å². The molecule has 0 heterocycles. The maximum Gasteiger partial charge on any atom is 0.0506 e. The van der Waals surface area contributed by atoms with Crippen LogP contribution in [0.15, 0.2) is 30.3 Å². The van der Waals surface area contributed by atoms with Gasteiger partial charge in [0.05, 0.1) is 6.61 Å². The summed E-state index contributed by atoms with van der Waals surface area (Å²) in [7, 11) is 0. The molecule has 1 N–H and O–H groups in total. The molecule has 0 bridgehead atoms. The molecule has 0 aromatic heterocycles. The summed E-state index contributed by atoms with van der Waals surface area (Å²) in [5, 5.41) is 9.46. The van der Waals surface area contributed by atoms with Crippen LogP contribution in [0, 0.1) is 0 Å². The number of nitrogens with zero attached hydrogens (tertiary/aromatic N) is 1. The Balaban J connectivity index is 1.93. The summed E-state index contributed by atoms with van der Waals surface area (Å²) < 4.78 is 6.85. The van der Waals surface area contributed by atoms with E-state index in [1.165, 1.54) is 22.0 Å². The molecule has 1 aromatic rings. The van der Waals surface area contributed by atoms with Gasteiger partial charge in [-0.25, -0.2) is 0 Å². The Hall–Kier alpha value is -0.550. The fourth-order valence-corrected chi connectivity index (χ4v) is 2.15. The molecule has 1 aromatic carbocycles. The first-order valence-electron chi connectivity index (χ1n) is 6.54. The van der Waals surface area contributed by atoms with E-state index in [4.69, 9.17) is 4.74 Å². The molecule has 0 atom stereocenters. The first kappa shape index (κ1) is 15.5. The second-order valence-corrected chi connectivity index (χ2v) is 5.20. The van der Waals surface area contributed by atoms with Crippen molar-refractivity contribution in [2.24, 2.45) is 0 Å². The summed E-state index contributed by atoms with van der Waals surface area (Å²) in [5.74, 6) is 0.964. The van der Waals surface area contributed by atoms with Crippen LogP contribution in [0.4, 0.5) is 0 Å². The molecule has 0 saturated carbocycles. The summed E-state index contributed by atoms with van der Waals surface area (Å²) in [6, 6.07) is 10.3. The summed E-state index contributed by atoms with van der Waals surface area (Å²) in [4.78, 5) is 0. The molecule has 0 aliphatic rings. The van der Waals surface area contributed by atoms with Crippen LogP contribution in [-0.4, -0.2) is 35.2 Å². The zero-order valence-electron chi connectivity index (χ0n) is 11.0. The summed E-state index contributed by atoms with van der Waals surface area (Å²) in [6.45, 7) is 4.22. The van der Waals surface area contributed by atoms with E-state index in [0.29, 0.717) is 13.2 Å². The van der Waals surface area contributed by atoms with Crippen molar-refractivity contribution in [1.29, 1.82) is 0 Å². The lowest BCUT2D eigenvalue weighted by Crippen LogP contribution is -2.14. The van der Waals surface area contributed by atoms with Crippen molar-refractivity contribution in [1.82, 2.24) is 4.47 Å². The Kier molecular flexibility index (Phi) is 8.94. The van der Waals surface area contributed by atoms with Gasteiger partial charge in [0.15, 0.2) is 0 Å². The summed E-state index contributed by atoms with van der Waals surface area (Å²) >= 11 is 1.47. The van der Waals surface area contributed by atoms with E-state index in [-0.39, 0.29) is 0 Å². The second kappa shape index (κ2) is 10.4. The highest BCUT2D eigenvalue weighted by atomic mass is 32.2. The van der Waals surface area contributed by atoms with E-state index in [1.54, 1.807) is 0 Å². The Morgan fingerprint density at radius 2 is 2.00 bits per heavy atom. The largest absolute Gasteiger partial charge is 0.381 e. The highest BCUT2D eigenvalue weighted by Gasteiger charge is 1.99. The SMILES string of the molecule is CCCSN(O)CCCOCCc1ccccc1. The zero-order chi connectivity index (χ0) is 13.1. The number of ether oxygens (including phenoxy) is 1. The minimum atomic E-state index is 0.663. The van der Waals surface area contributed by atoms with Crippen molar-refractivity contribution < 1.29 is 9.94 Å². The fourth-order valence-electron chi connectivity index (χ4n) is 1.50. The highest BCUT2D eigenvalue weighted by Crippen LogP contribution is 2.07. The maximum atomic E-state index is 9.46. The van der Waals surface area contributed by atoms with Gasteiger partial charge in [-0.3, -0.25) is 0 Å². The lowest BCUT2D eigenvalue weighted by atomic mass is 10.2. The minimum absolute atomic E-state index is 0.663. The topological polar surface area (TPSA) is 32.7 Å². The van der Waals surface area contributed by atoms with Crippen LogP contribution in [0.5, 0.6) is 0 Å². The van der Waals surface area contributed by atoms with Crippen LogP contribution >= 0.6 is 11.9 Å². The average molecular weight is 269 g/mol. The minimum Gasteiger partial charge on any atom is -0.381 e. The third-order valence-electron chi connectivity index (χ3n) is 2.46. The van der Waals surface area contributed by atoms with Crippen molar-refractivity contribution in [3.05, 3.63) is 35.9 Å². The van der Waals surface area contributed by atoms with Crippen LogP contribution in [0.3, 0.4) is 0 Å². The first-order chi connectivity index (χ1) is 8.83. The van der Waals surface area contributed by atoms with Gasteiger partial charge < -0.3 is 9.94 Å². The van der Waals surface area contributed by atoms with E-state index in [1.807, 2.05) is 18.2 Å². The smallest absolute Gasteiger partial charge is 0.0506 e. The molecule has 18 heavy (non-hydrogen) atoms. The maximum absolute atomic E-state index is 9.46. The van der Waals surface area contributed by atoms with Gasteiger partial charge in [-0.1, -0.05) is 49.2 Å². The van der Waals surface area contributed by atoms with Gasteiger partial charge in [0, 0.05) is 18.9 Å². The number of hydrogen-bond acceptors (Lipinski definition) is 4. The molecule has 3 nitrogen and oxygen atoms in total. The third-order valence-corrected chi connectivity index (χ3v) is 3.53. The highest BCUT2D eigenvalue weighted by molar-refractivity contribution is 7.96. The second-order valence-electron chi connectivity index (χ2n) is 4.11. The first-order valence-corrected chi connectivity index (χ1v) is 7.48. The average Bonchev–Trinajstić information content (AvgIpc) is 2.41. The fraction of sp³-hybridized carbons (Fsp3) is 0.571. The number of rotatable bonds is 10. The Bertz CT molecular complexity index is 295. The van der Waals surface area contributed by atoms with Crippen LogP contribution in [0.25, 0.3) is 0 Å². The molecule has 0 saturated heterocycles. The van der Waals surface area contributed by atoms with E-state index in [2.05, 4.69) is 19.1 Å². The molecule has 0 aliphatic heterocycles. The Morgan fingerprint density at radius 1 is 1.22 bits per heavy atom. The van der Waals surface area contributed by atoms with Gasteiger partial charge >= 0.3 is 0 Å². The predicted molar refractivity (Wildman–Crippen MR) is 76.8 cm³/mol. The van der Waals surface area contributed by atoms with Crippen molar-refractivity contribution in [2.45, 2.75) is 26.2 Å². The van der Waals surface area contributed by atoms with Gasteiger partial charge in [0.1, 0.15) is 0 Å². The molecule has 0 aliphatic carbocycles. The number of hydroxylamine groups is 1. The lowest BCUT2D eigenvalue weighted by Gasteiger charge is -2.12. The van der Waals surface area contributed by atoms with Crippen LogP contribution in [-0.2, 0) is 11.2 Å². The van der Waals surface area contributed by atoms with Crippen molar-refractivity contribution >= 4 is 11.9 Å². The van der Waals surface area contributed by atoms with Gasteiger partial charge in [0.25, 0.3) is 0 Å². The van der Waals surface area contributed by atoms with Gasteiger partial charge in [0.2, 0.25) is 0 Å². The quantitative estimate of drug-likeness (QED) is 0.401. The van der Waals surface area contributed by atoms with Gasteiger partial charge in [-0.15, -0.1) is 4.47 Å². The van der Waals surface area contributed by atoms with E-state index in [9.17, 15) is 5.21 Å².